The highest BCUT2D eigenvalue weighted by Crippen LogP contribution is 2.68. The van der Waals surface area contributed by atoms with Gasteiger partial charge in [0.2, 0.25) is 0 Å². The van der Waals surface area contributed by atoms with Crippen molar-refractivity contribution in [1.29, 1.82) is 0 Å². The molecule has 0 aromatic rings. The fraction of sp³-hybridized carbons (Fsp3) is 0.955. The van der Waals surface area contributed by atoms with E-state index in [1.165, 1.54) is 19.3 Å². The zero-order valence-electron chi connectivity index (χ0n) is 16.3. The molecule has 142 valence electrons. The first kappa shape index (κ1) is 18.0. The molecule has 3 nitrogen and oxygen atoms in total. The Morgan fingerprint density at radius 1 is 1.00 bits per heavy atom. The van der Waals surface area contributed by atoms with Gasteiger partial charge in [-0.05, 0) is 106 Å². The van der Waals surface area contributed by atoms with Crippen LogP contribution in [0.5, 0.6) is 0 Å². The second-order valence-corrected chi connectivity index (χ2v) is 10.5. The highest BCUT2D eigenvalue weighted by Gasteiger charge is 2.62. The maximum atomic E-state index is 12.2. The molecule has 4 rings (SSSR count). The molecule has 4 saturated carbocycles. The summed E-state index contributed by atoms with van der Waals surface area (Å²) in [7, 11) is 0. The first-order valence-corrected chi connectivity index (χ1v) is 10.6. The van der Waals surface area contributed by atoms with Crippen LogP contribution in [-0.4, -0.2) is 28.2 Å². The Balaban J connectivity index is 1.64. The monoisotopic (exact) mass is 348 g/mol. The van der Waals surface area contributed by atoms with Gasteiger partial charge in [0.1, 0.15) is 5.78 Å². The van der Waals surface area contributed by atoms with Gasteiger partial charge in [-0.2, -0.15) is 0 Å². The minimum atomic E-state index is -0.549. The average Bonchev–Trinajstić information content (AvgIpc) is 2.91. The largest absolute Gasteiger partial charge is 0.396 e. The third-order valence-corrected chi connectivity index (χ3v) is 9.44. The minimum absolute atomic E-state index is 0.0286. The molecule has 4 aliphatic rings. The summed E-state index contributed by atoms with van der Waals surface area (Å²) in [5, 5.41) is 21.1. The van der Waals surface area contributed by atoms with Crippen LogP contribution in [0.25, 0.3) is 0 Å². The standard InChI is InChI=1S/C22H36O3/c1-14(24)17-6-7-18-16-5-4-15-12-20(2,25)10-11-22(15,13-23)19(16)8-9-21(17,18)3/h15-19,23,25H,4-13H2,1-3H3/t15-,16-,17+,18-,19-,20+,21+,22?/m0/s1. The van der Waals surface area contributed by atoms with E-state index in [1.807, 2.05) is 6.92 Å². The van der Waals surface area contributed by atoms with Gasteiger partial charge < -0.3 is 10.2 Å². The number of hydrogen-bond donors (Lipinski definition) is 2. The Hall–Kier alpha value is -0.410. The van der Waals surface area contributed by atoms with Crippen molar-refractivity contribution in [3.63, 3.8) is 0 Å². The molecule has 0 aliphatic heterocycles. The van der Waals surface area contributed by atoms with Gasteiger partial charge >= 0.3 is 0 Å². The molecule has 2 N–H and O–H groups in total. The van der Waals surface area contributed by atoms with Crippen LogP contribution in [0, 0.1) is 40.4 Å². The van der Waals surface area contributed by atoms with E-state index in [1.54, 1.807) is 6.92 Å². The number of aliphatic hydroxyl groups excluding tert-OH is 1. The normalized spacial score (nSPS) is 55.2. The van der Waals surface area contributed by atoms with Crippen molar-refractivity contribution in [3.05, 3.63) is 0 Å². The van der Waals surface area contributed by atoms with Crippen LogP contribution in [0.15, 0.2) is 0 Å². The third kappa shape index (κ3) is 2.48. The molecule has 0 heterocycles. The maximum absolute atomic E-state index is 12.2. The molecule has 0 aromatic carbocycles. The fourth-order valence-electron chi connectivity index (χ4n) is 8.21. The van der Waals surface area contributed by atoms with Crippen molar-refractivity contribution in [3.8, 4) is 0 Å². The van der Waals surface area contributed by atoms with E-state index >= 15 is 0 Å². The third-order valence-electron chi connectivity index (χ3n) is 9.44. The molecular formula is C22H36O3. The van der Waals surface area contributed by atoms with Gasteiger partial charge in [-0.1, -0.05) is 6.92 Å². The lowest BCUT2D eigenvalue weighted by Gasteiger charge is -2.62. The molecule has 0 aromatic heterocycles. The lowest BCUT2D eigenvalue weighted by molar-refractivity contribution is -0.171. The van der Waals surface area contributed by atoms with E-state index in [-0.39, 0.29) is 23.4 Å². The number of Topliss-reactive ketones (excluding diaryl/α,β-unsaturated/α-hetero) is 1. The number of rotatable bonds is 2. The molecular weight excluding hydrogens is 312 g/mol. The maximum Gasteiger partial charge on any atom is 0.133 e. The van der Waals surface area contributed by atoms with E-state index in [0.717, 1.165) is 38.5 Å². The number of aliphatic hydroxyl groups is 2. The van der Waals surface area contributed by atoms with Crippen molar-refractivity contribution in [2.45, 2.75) is 84.2 Å². The van der Waals surface area contributed by atoms with E-state index < -0.39 is 5.60 Å². The fourth-order valence-corrected chi connectivity index (χ4v) is 8.21. The predicted octanol–water partition coefficient (Wildman–Crippen LogP) is 3.96. The lowest BCUT2D eigenvalue weighted by Crippen LogP contribution is -2.58. The van der Waals surface area contributed by atoms with Gasteiger partial charge in [0.25, 0.3) is 0 Å². The van der Waals surface area contributed by atoms with E-state index in [2.05, 4.69) is 6.92 Å². The molecule has 25 heavy (non-hydrogen) atoms. The van der Waals surface area contributed by atoms with Crippen molar-refractivity contribution >= 4 is 5.78 Å². The Kier molecular flexibility index (Phi) is 4.16. The summed E-state index contributed by atoms with van der Waals surface area (Å²) in [6.45, 7) is 6.44. The highest BCUT2D eigenvalue weighted by atomic mass is 16.3. The minimum Gasteiger partial charge on any atom is -0.396 e. The van der Waals surface area contributed by atoms with Crippen LogP contribution in [0.1, 0.15) is 78.6 Å². The zero-order valence-corrected chi connectivity index (χ0v) is 16.3. The number of carbonyl (C=O) groups is 1. The lowest BCUT2D eigenvalue weighted by atomic mass is 9.43. The highest BCUT2D eigenvalue weighted by molar-refractivity contribution is 5.79. The first-order chi connectivity index (χ1) is 11.7. The van der Waals surface area contributed by atoms with Gasteiger partial charge in [0.05, 0.1) is 5.60 Å². The summed E-state index contributed by atoms with van der Waals surface area (Å²) in [6, 6.07) is 0. The smallest absolute Gasteiger partial charge is 0.133 e. The van der Waals surface area contributed by atoms with Gasteiger partial charge in [0, 0.05) is 12.5 Å². The van der Waals surface area contributed by atoms with Crippen molar-refractivity contribution in [1.82, 2.24) is 0 Å². The van der Waals surface area contributed by atoms with Crippen LogP contribution in [0.4, 0.5) is 0 Å². The predicted molar refractivity (Wildman–Crippen MR) is 97.9 cm³/mol. The van der Waals surface area contributed by atoms with Gasteiger partial charge in [-0.25, -0.2) is 0 Å². The summed E-state index contributed by atoms with van der Waals surface area (Å²) in [5.41, 5.74) is -0.329. The number of carbonyl (C=O) groups excluding carboxylic acids is 1. The summed E-state index contributed by atoms with van der Waals surface area (Å²) in [4.78, 5) is 12.2. The van der Waals surface area contributed by atoms with Crippen LogP contribution in [0.3, 0.4) is 0 Å². The Morgan fingerprint density at radius 2 is 1.76 bits per heavy atom. The van der Waals surface area contributed by atoms with Crippen LogP contribution >= 0.6 is 0 Å². The Labute approximate surface area is 152 Å². The quantitative estimate of drug-likeness (QED) is 0.794. The summed E-state index contributed by atoms with van der Waals surface area (Å²) >= 11 is 0. The molecule has 8 atom stereocenters. The number of hydrogen-bond acceptors (Lipinski definition) is 3. The van der Waals surface area contributed by atoms with E-state index in [9.17, 15) is 15.0 Å². The summed E-state index contributed by atoms with van der Waals surface area (Å²) < 4.78 is 0. The first-order valence-electron chi connectivity index (χ1n) is 10.6. The molecule has 0 spiro atoms. The van der Waals surface area contributed by atoms with E-state index in [4.69, 9.17) is 0 Å². The van der Waals surface area contributed by atoms with Crippen LogP contribution in [0.2, 0.25) is 0 Å². The molecule has 0 radical (unpaired) electrons. The topological polar surface area (TPSA) is 57.5 Å². The second-order valence-electron chi connectivity index (χ2n) is 10.5. The molecule has 0 bridgehead atoms. The number of ketones is 1. The summed E-state index contributed by atoms with van der Waals surface area (Å²) in [5.74, 6) is 3.05. The molecule has 4 fully saturated rings. The van der Waals surface area contributed by atoms with Gasteiger partial charge in [0.15, 0.2) is 0 Å². The van der Waals surface area contributed by atoms with Crippen LogP contribution < -0.4 is 0 Å². The zero-order chi connectivity index (χ0) is 18.0. The number of fused-ring (bicyclic) bond motifs is 5. The van der Waals surface area contributed by atoms with Crippen LogP contribution in [-0.2, 0) is 4.79 Å². The van der Waals surface area contributed by atoms with Crippen molar-refractivity contribution in [2.75, 3.05) is 6.61 Å². The van der Waals surface area contributed by atoms with E-state index in [0.29, 0.717) is 29.5 Å². The molecule has 1 unspecified atom stereocenters. The SMILES string of the molecule is CC(=O)[C@H]1CC[C@H]2[C@@H]3CC[C@H]4C[C@](C)(O)CCC4(CO)[C@H]3CC[C@]12C. The molecule has 0 saturated heterocycles. The Morgan fingerprint density at radius 3 is 2.44 bits per heavy atom. The summed E-state index contributed by atoms with van der Waals surface area (Å²) in [6.07, 6.45) is 9.62. The van der Waals surface area contributed by atoms with Crippen molar-refractivity contribution in [2.24, 2.45) is 40.4 Å². The average molecular weight is 349 g/mol. The second kappa shape index (κ2) is 5.79. The van der Waals surface area contributed by atoms with Crippen molar-refractivity contribution < 1.29 is 15.0 Å². The molecule has 4 aliphatic carbocycles. The van der Waals surface area contributed by atoms with Gasteiger partial charge in [-0.3, -0.25) is 4.79 Å². The Bertz CT molecular complexity index is 555. The molecule has 0 amide bonds. The molecule has 3 heteroatoms. The van der Waals surface area contributed by atoms with Gasteiger partial charge in [-0.15, -0.1) is 0 Å².